The molecule has 2 heteroatoms. The van der Waals surface area contributed by atoms with Crippen molar-refractivity contribution in [2.24, 2.45) is 0 Å². The largest absolute Gasteiger partial charge is 0.456 e. The van der Waals surface area contributed by atoms with Gasteiger partial charge in [0.05, 0.1) is 11.1 Å². The van der Waals surface area contributed by atoms with E-state index in [1.165, 1.54) is 44.2 Å². The van der Waals surface area contributed by atoms with E-state index in [4.69, 9.17) is 4.42 Å². The van der Waals surface area contributed by atoms with Crippen LogP contribution in [-0.4, -0.2) is 0 Å². The Labute approximate surface area is 279 Å². The Balaban J connectivity index is 1.12. The lowest BCUT2D eigenvalue weighted by atomic mass is 9.97. The van der Waals surface area contributed by atoms with Crippen LogP contribution in [0, 0.1) is 0 Å². The second-order valence-electron chi connectivity index (χ2n) is 12.2. The van der Waals surface area contributed by atoms with E-state index >= 15 is 0 Å². The summed E-state index contributed by atoms with van der Waals surface area (Å²) in [5.41, 5.74) is 12.3. The van der Waals surface area contributed by atoms with Crippen molar-refractivity contribution in [1.29, 1.82) is 0 Å². The zero-order valence-corrected chi connectivity index (χ0v) is 26.3. The Kier molecular flexibility index (Phi) is 6.84. The van der Waals surface area contributed by atoms with Crippen LogP contribution in [0.2, 0.25) is 0 Å². The number of rotatable bonds is 6. The van der Waals surface area contributed by atoms with Gasteiger partial charge in [0.1, 0.15) is 11.2 Å². The summed E-state index contributed by atoms with van der Waals surface area (Å²) >= 11 is 0. The molecule has 0 unspecified atom stereocenters. The minimum Gasteiger partial charge on any atom is -0.456 e. The summed E-state index contributed by atoms with van der Waals surface area (Å²) in [5.74, 6) is 0. The van der Waals surface area contributed by atoms with Crippen LogP contribution < -0.4 is 4.90 Å². The molecule has 0 atom stereocenters. The predicted octanol–water partition coefficient (Wildman–Crippen LogP) is 13.2. The van der Waals surface area contributed by atoms with E-state index in [2.05, 4.69) is 181 Å². The number of anilines is 3. The summed E-state index contributed by atoms with van der Waals surface area (Å²) in [7, 11) is 0. The van der Waals surface area contributed by atoms with Gasteiger partial charge in [-0.2, -0.15) is 0 Å². The fraction of sp³-hybridized carbons (Fsp3) is 0. The van der Waals surface area contributed by atoms with Crippen LogP contribution in [0.25, 0.3) is 66.1 Å². The number of furan rings is 1. The Morgan fingerprint density at radius 2 is 0.792 bits per heavy atom. The minimum atomic E-state index is 0.878. The van der Waals surface area contributed by atoms with Gasteiger partial charge in [0.25, 0.3) is 0 Å². The first kappa shape index (κ1) is 27.9. The Morgan fingerprint density at radius 3 is 1.40 bits per heavy atom. The van der Waals surface area contributed by atoms with E-state index in [0.717, 1.165) is 39.0 Å². The molecule has 226 valence electrons. The van der Waals surface area contributed by atoms with Gasteiger partial charge in [0.15, 0.2) is 0 Å². The molecule has 48 heavy (non-hydrogen) atoms. The first-order chi connectivity index (χ1) is 23.8. The van der Waals surface area contributed by atoms with Gasteiger partial charge in [-0.3, -0.25) is 0 Å². The third kappa shape index (κ3) is 5.01. The van der Waals surface area contributed by atoms with Crippen LogP contribution >= 0.6 is 0 Å². The smallest absolute Gasteiger partial charge is 0.137 e. The zero-order chi connectivity index (χ0) is 31.9. The monoisotopic (exact) mass is 613 g/mol. The Bertz CT molecular complexity index is 2530. The van der Waals surface area contributed by atoms with Gasteiger partial charge >= 0.3 is 0 Å². The quantitative estimate of drug-likeness (QED) is 0.185. The fourth-order valence-corrected chi connectivity index (χ4v) is 6.84. The summed E-state index contributed by atoms with van der Waals surface area (Å²) in [6.45, 7) is 0. The Hall–Kier alpha value is -6.38. The number of hydrogen-bond acceptors (Lipinski definition) is 2. The van der Waals surface area contributed by atoms with Crippen molar-refractivity contribution in [3.05, 3.63) is 188 Å². The van der Waals surface area contributed by atoms with E-state index in [-0.39, 0.29) is 0 Å². The maximum Gasteiger partial charge on any atom is 0.137 e. The summed E-state index contributed by atoms with van der Waals surface area (Å²) in [5, 5.41) is 4.68. The molecular weight excluding hydrogens is 583 g/mol. The van der Waals surface area contributed by atoms with E-state index in [0.29, 0.717) is 0 Å². The first-order valence-corrected chi connectivity index (χ1v) is 16.3. The van der Waals surface area contributed by atoms with E-state index < -0.39 is 0 Å². The highest BCUT2D eigenvalue weighted by atomic mass is 16.3. The second kappa shape index (κ2) is 11.8. The van der Waals surface area contributed by atoms with Crippen LogP contribution in [-0.2, 0) is 0 Å². The highest BCUT2D eigenvalue weighted by Gasteiger charge is 2.19. The lowest BCUT2D eigenvalue weighted by Crippen LogP contribution is -2.10. The summed E-state index contributed by atoms with van der Waals surface area (Å²) in [6, 6.07) is 66.9. The second-order valence-corrected chi connectivity index (χ2v) is 12.2. The van der Waals surface area contributed by atoms with Gasteiger partial charge in [-0.1, -0.05) is 133 Å². The topological polar surface area (TPSA) is 16.4 Å². The number of nitrogens with zero attached hydrogens (tertiary/aromatic N) is 1. The van der Waals surface area contributed by atoms with Crippen LogP contribution in [0.1, 0.15) is 0 Å². The minimum absolute atomic E-state index is 0.878. The number of para-hydroxylation sites is 1. The van der Waals surface area contributed by atoms with Crippen LogP contribution in [0.4, 0.5) is 17.1 Å². The molecule has 0 aliphatic rings. The SMILES string of the molecule is c1ccc(-c2ccc(N(c3ccc(-c4ccc5cc(-c6ccccc6)ccc5c4)cc3)c3cccc4oc5ccccc5c34)cc2)cc1. The van der Waals surface area contributed by atoms with E-state index in [1.54, 1.807) is 0 Å². The zero-order valence-electron chi connectivity index (χ0n) is 26.3. The lowest BCUT2D eigenvalue weighted by molar-refractivity contribution is 0.669. The molecule has 9 aromatic rings. The molecule has 2 nitrogen and oxygen atoms in total. The van der Waals surface area contributed by atoms with Crippen molar-refractivity contribution in [1.82, 2.24) is 0 Å². The molecule has 0 saturated heterocycles. The highest BCUT2D eigenvalue weighted by Crippen LogP contribution is 2.43. The molecule has 1 heterocycles. The molecule has 9 rings (SSSR count). The van der Waals surface area contributed by atoms with Crippen molar-refractivity contribution in [2.75, 3.05) is 4.90 Å². The molecule has 0 aliphatic heterocycles. The molecule has 0 aliphatic carbocycles. The van der Waals surface area contributed by atoms with Gasteiger partial charge in [-0.05, 0) is 98.8 Å². The molecular formula is C46H31NO. The van der Waals surface area contributed by atoms with Crippen molar-refractivity contribution < 1.29 is 4.42 Å². The van der Waals surface area contributed by atoms with E-state index in [9.17, 15) is 0 Å². The number of hydrogen-bond donors (Lipinski definition) is 0. The average molecular weight is 614 g/mol. The van der Waals surface area contributed by atoms with Crippen molar-refractivity contribution in [3.63, 3.8) is 0 Å². The molecule has 1 aromatic heterocycles. The standard InChI is InChI=1S/C46H31NO/c1-3-10-32(11-4-1)34-22-26-40(27-23-34)47(43-15-9-17-45-46(43)42-14-7-8-16-44(42)48-45)41-28-24-35(25-29-41)37-19-21-38-30-36(18-20-39(38)31-37)33-12-5-2-6-13-33/h1-31H. The lowest BCUT2D eigenvalue weighted by Gasteiger charge is -2.26. The van der Waals surface area contributed by atoms with Crippen LogP contribution in [0.5, 0.6) is 0 Å². The van der Waals surface area contributed by atoms with Crippen molar-refractivity contribution in [3.8, 4) is 33.4 Å². The Morgan fingerprint density at radius 1 is 0.333 bits per heavy atom. The molecule has 0 saturated carbocycles. The molecule has 0 spiro atoms. The molecule has 8 aromatic carbocycles. The molecule has 0 radical (unpaired) electrons. The van der Waals surface area contributed by atoms with E-state index in [1.807, 2.05) is 12.1 Å². The highest BCUT2D eigenvalue weighted by molar-refractivity contribution is 6.13. The van der Waals surface area contributed by atoms with Crippen molar-refractivity contribution in [2.45, 2.75) is 0 Å². The number of fused-ring (bicyclic) bond motifs is 4. The number of benzene rings is 8. The van der Waals surface area contributed by atoms with Crippen molar-refractivity contribution >= 4 is 49.8 Å². The van der Waals surface area contributed by atoms with Gasteiger partial charge in [0, 0.05) is 16.8 Å². The average Bonchev–Trinajstić information content (AvgIpc) is 3.55. The maximum absolute atomic E-state index is 6.31. The third-order valence-corrected chi connectivity index (χ3v) is 9.26. The molecule has 0 amide bonds. The summed E-state index contributed by atoms with van der Waals surface area (Å²) in [6.07, 6.45) is 0. The normalized spacial score (nSPS) is 11.3. The van der Waals surface area contributed by atoms with Crippen LogP contribution in [0.3, 0.4) is 0 Å². The maximum atomic E-state index is 6.31. The van der Waals surface area contributed by atoms with Gasteiger partial charge in [-0.15, -0.1) is 0 Å². The summed E-state index contributed by atoms with van der Waals surface area (Å²) < 4.78 is 6.31. The predicted molar refractivity (Wildman–Crippen MR) is 202 cm³/mol. The fourth-order valence-electron chi connectivity index (χ4n) is 6.84. The third-order valence-electron chi connectivity index (χ3n) is 9.26. The van der Waals surface area contributed by atoms with Crippen LogP contribution in [0.15, 0.2) is 192 Å². The molecule has 0 N–H and O–H groups in total. The van der Waals surface area contributed by atoms with Gasteiger partial charge in [-0.25, -0.2) is 0 Å². The summed E-state index contributed by atoms with van der Waals surface area (Å²) in [4.78, 5) is 2.34. The van der Waals surface area contributed by atoms with Gasteiger partial charge in [0.2, 0.25) is 0 Å². The first-order valence-electron chi connectivity index (χ1n) is 16.3. The molecule has 0 fully saturated rings. The molecule has 0 bridgehead atoms. The van der Waals surface area contributed by atoms with Gasteiger partial charge < -0.3 is 9.32 Å².